The summed E-state index contributed by atoms with van der Waals surface area (Å²) < 4.78 is 6.58. The number of hydrogen-bond acceptors (Lipinski definition) is 4. The van der Waals surface area contributed by atoms with Gasteiger partial charge in [0.1, 0.15) is 5.58 Å². The molecule has 1 aromatic heterocycles. The Morgan fingerprint density at radius 1 is 1.28 bits per heavy atom. The van der Waals surface area contributed by atoms with Gasteiger partial charge in [0.25, 0.3) is 0 Å². The van der Waals surface area contributed by atoms with Gasteiger partial charge in [0.05, 0.1) is 6.21 Å². The molecule has 2 heterocycles. The minimum absolute atomic E-state index is 0.110. The van der Waals surface area contributed by atoms with Gasteiger partial charge in [-0.25, -0.2) is 5.43 Å². The van der Waals surface area contributed by atoms with E-state index in [9.17, 15) is 4.79 Å². The summed E-state index contributed by atoms with van der Waals surface area (Å²) in [5, 5.41) is 5.08. The lowest BCUT2D eigenvalue weighted by atomic mass is 9.78. The van der Waals surface area contributed by atoms with Crippen LogP contribution >= 0.6 is 15.9 Å². The van der Waals surface area contributed by atoms with Crippen LogP contribution < -0.4 is 10.3 Å². The van der Waals surface area contributed by atoms with Crippen LogP contribution in [0.4, 0.5) is 5.69 Å². The number of nitrogens with one attached hydrogen (secondary N) is 1. The van der Waals surface area contributed by atoms with Crippen molar-refractivity contribution in [1.82, 2.24) is 5.43 Å². The number of anilines is 1. The van der Waals surface area contributed by atoms with Crippen LogP contribution in [0.25, 0.3) is 11.0 Å². The molecule has 4 rings (SSSR count). The summed E-state index contributed by atoms with van der Waals surface area (Å²) in [6, 6.07) is 12.2. The molecule has 0 radical (unpaired) electrons. The van der Waals surface area contributed by atoms with E-state index in [0.717, 1.165) is 27.4 Å². The number of furan rings is 1. The molecule has 5 nitrogen and oxygen atoms in total. The number of rotatable bonds is 4. The zero-order valence-corrected chi connectivity index (χ0v) is 21.1. The van der Waals surface area contributed by atoms with Gasteiger partial charge in [0.2, 0.25) is 0 Å². The Hall–Kier alpha value is -2.60. The van der Waals surface area contributed by atoms with Gasteiger partial charge in [-0.15, -0.1) is 0 Å². The van der Waals surface area contributed by atoms with E-state index >= 15 is 0 Å². The molecular formula is C26H30BrN3O2. The molecule has 0 spiro atoms. The summed E-state index contributed by atoms with van der Waals surface area (Å²) in [6.45, 7) is 13.5. The minimum Gasteiger partial charge on any atom is -0.451 e. The summed E-state index contributed by atoms with van der Waals surface area (Å²) in [5.74, 6) is 0.318. The summed E-state index contributed by atoms with van der Waals surface area (Å²) >= 11 is 3.43. The molecule has 1 N–H and O–H groups in total. The Morgan fingerprint density at radius 3 is 2.75 bits per heavy atom. The molecule has 1 atom stereocenters. The smallest absolute Gasteiger partial charge is 0.307 e. The average molecular weight is 496 g/mol. The Kier molecular flexibility index (Phi) is 5.93. The van der Waals surface area contributed by atoms with Gasteiger partial charge in [0, 0.05) is 27.1 Å². The van der Waals surface area contributed by atoms with E-state index in [4.69, 9.17) is 4.42 Å². The highest BCUT2D eigenvalue weighted by Crippen LogP contribution is 2.45. The Morgan fingerprint density at radius 2 is 2.03 bits per heavy atom. The van der Waals surface area contributed by atoms with Crippen LogP contribution in [0.1, 0.15) is 74.2 Å². The zero-order chi connectivity index (χ0) is 23.2. The fraction of sp³-hybridized carbons (Fsp3) is 0.385. The predicted octanol–water partition coefficient (Wildman–Crippen LogP) is 6.77. The summed E-state index contributed by atoms with van der Waals surface area (Å²) in [6.07, 6.45) is 2.82. The number of aryl methyl sites for hydroxylation is 1. The van der Waals surface area contributed by atoms with Crippen molar-refractivity contribution in [3.63, 3.8) is 0 Å². The number of benzene rings is 2. The first-order valence-electron chi connectivity index (χ1n) is 11.0. The van der Waals surface area contributed by atoms with Gasteiger partial charge in [-0.2, -0.15) is 5.10 Å². The van der Waals surface area contributed by atoms with Gasteiger partial charge in [-0.05, 0) is 100 Å². The van der Waals surface area contributed by atoms with E-state index in [-0.39, 0.29) is 17.2 Å². The number of hydrogen-bond donors (Lipinski definition) is 1. The van der Waals surface area contributed by atoms with Gasteiger partial charge in [-0.1, -0.05) is 22.9 Å². The molecule has 3 aromatic rings. The molecule has 1 unspecified atom stereocenters. The van der Waals surface area contributed by atoms with Crippen molar-refractivity contribution in [2.45, 2.75) is 65.5 Å². The van der Waals surface area contributed by atoms with E-state index in [0.29, 0.717) is 17.5 Å². The quantitative estimate of drug-likeness (QED) is 0.320. The van der Waals surface area contributed by atoms with Crippen molar-refractivity contribution in [1.29, 1.82) is 0 Å². The summed E-state index contributed by atoms with van der Waals surface area (Å²) in [4.78, 5) is 15.0. The highest BCUT2D eigenvalue weighted by molar-refractivity contribution is 9.10. The lowest BCUT2D eigenvalue weighted by Gasteiger charge is -2.50. The molecule has 6 heteroatoms. The van der Waals surface area contributed by atoms with Crippen LogP contribution in [0.5, 0.6) is 0 Å². The molecule has 2 aromatic carbocycles. The van der Waals surface area contributed by atoms with E-state index < -0.39 is 0 Å². The van der Waals surface area contributed by atoms with Crippen molar-refractivity contribution in [3.8, 4) is 0 Å². The van der Waals surface area contributed by atoms with Crippen LogP contribution in [0.15, 0.2) is 50.4 Å². The Labute approximate surface area is 198 Å². The van der Waals surface area contributed by atoms with Gasteiger partial charge in [0.15, 0.2) is 5.76 Å². The monoisotopic (exact) mass is 495 g/mol. The molecule has 1 aliphatic heterocycles. The number of fused-ring (bicyclic) bond motifs is 2. The maximum Gasteiger partial charge on any atom is 0.307 e. The van der Waals surface area contributed by atoms with E-state index in [2.05, 4.69) is 85.0 Å². The molecule has 0 fully saturated rings. The van der Waals surface area contributed by atoms with Crippen molar-refractivity contribution in [2.75, 3.05) is 4.90 Å². The number of halogens is 1. The van der Waals surface area contributed by atoms with Gasteiger partial charge >= 0.3 is 5.91 Å². The number of nitrogens with zero attached hydrogens (tertiary/aromatic N) is 2. The normalized spacial score (nSPS) is 17.9. The molecule has 0 aliphatic carbocycles. The third-order valence-electron chi connectivity index (χ3n) is 6.25. The minimum atomic E-state index is -0.370. The number of hydrazone groups is 1. The molecule has 0 bridgehead atoms. The van der Waals surface area contributed by atoms with Crippen molar-refractivity contribution in [2.24, 2.45) is 5.10 Å². The maximum atomic E-state index is 12.5. The number of carbonyl (C=O) groups is 1. The SMILES string of the molecule is Cc1cc2c(cc1/C=N\NC(=O)c1cc3cc(Br)ccc3o1)C(C)CC(C)(C)N2C(C)C. The van der Waals surface area contributed by atoms with E-state index in [1.165, 1.54) is 11.3 Å². The van der Waals surface area contributed by atoms with Crippen molar-refractivity contribution in [3.05, 3.63) is 63.3 Å². The molecule has 0 saturated heterocycles. The lowest BCUT2D eigenvalue weighted by Crippen LogP contribution is -2.51. The Bertz CT molecular complexity index is 1210. The van der Waals surface area contributed by atoms with Crippen LogP contribution in [0.3, 0.4) is 0 Å². The fourth-order valence-corrected chi connectivity index (χ4v) is 5.45. The Balaban J connectivity index is 1.57. The first-order chi connectivity index (χ1) is 15.1. The third kappa shape index (κ3) is 4.20. The topological polar surface area (TPSA) is 57.8 Å². The summed E-state index contributed by atoms with van der Waals surface area (Å²) in [5.41, 5.74) is 8.14. The van der Waals surface area contributed by atoms with E-state index in [1.807, 2.05) is 18.2 Å². The molecule has 1 aliphatic rings. The largest absolute Gasteiger partial charge is 0.451 e. The number of amides is 1. The molecule has 168 valence electrons. The predicted molar refractivity (Wildman–Crippen MR) is 135 cm³/mol. The van der Waals surface area contributed by atoms with Crippen LogP contribution in [-0.2, 0) is 0 Å². The second kappa shape index (κ2) is 8.39. The molecule has 32 heavy (non-hydrogen) atoms. The highest BCUT2D eigenvalue weighted by Gasteiger charge is 2.37. The average Bonchev–Trinajstić information content (AvgIpc) is 3.11. The van der Waals surface area contributed by atoms with Crippen molar-refractivity contribution < 1.29 is 9.21 Å². The highest BCUT2D eigenvalue weighted by atomic mass is 79.9. The number of carbonyl (C=O) groups excluding carboxylic acids is 1. The fourth-order valence-electron chi connectivity index (χ4n) is 5.07. The molecule has 0 saturated carbocycles. The maximum absolute atomic E-state index is 12.5. The van der Waals surface area contributed by atoms with Gasteiger partial charge in [-0.3, -0.25) is 4.79 Å². The molecular weight excluding hydrogens is 466 g/mol. The van der Waals surface area contributed by atoms with Crippen LogP contribution in [-0.4, -0.2) is 23.7 Å². The first-order valence-corrected chi connectivity index (χ1v) is 11.8. The zero-order valence-electron chi connectivity index (χ0n) is 19.5. The second-order valence-corrected chi connectivity index (χ2v) is 10.6. The molecule has 1 amide bonds. The second-order valence-electron chi connectivity index (χ2n) is 9.64. The first kappa shape index (κ1) is 22.6. The standard InChI is InChI=1S/C26H30BrN3O2/c1-15(2)30-22-9-16(3)19(11-21(22)17(4)13-26(30,5)6)14-28-29-25(31)24-12-18-10-20(27)7-8-23(18)32-24/h7-12,14-15,17H,13H2,1-6H3,(H,29,31)/b28-14-. The van der Waals surface area contributed by atoms with Crippen LogP contribution in [0, 0.1) is 6.92 Å². The van der Waals surface area contributed by atoms with Gasteiger partial charge < -0.3 is 9.32 Å². The third-order valence-corrected chi connectivity index (χ3v) is 6.75. The van der Waals surface area contributed by atoms with E-state index in [1.54, 1.807) is 12.3 Å². The lowest BCUT2D eigenvalue weighted by molar-refractivity contribution is 0.0929. The van der Waals surface area contributed by atoms with Crippen LogP contribution in [0.2, 0.25) is 0 Å². The summed E-state index contributed by atoms with van der Waals surface area (Å²) in [7, 11) is 0. The van der Waals surface area contributed by atoms with Crippen molar-refractivity contribution >= 4 is 44.7 Å².